The fraction of sp³-hybridized carbons (Fsp3) is 1.00. The summed E-state index contributed by atoms with van der Waals surface area (Å²) >= 11 is 3.34. The maximum absolute atomic E-state index is 11.9. The fourth-order valence-electron chi connectivity index (χ4n) is 1.11. The van der Waals surface area contributed by atoms with Crippen LogP contribution in [-0.4, -0.2) is 24.5 Å². The first-order valence-corrected chi connectivity index (χ1v) is 7.78. The van der Waals surface area contributed by atoms with Crippen LogP contribution in [0.5, 0.6) is 0 Å². The zero-order valence-corrected chi connectivity index (χ0v) is 12.6. The minimum atomic E-state index is -3.23. The van der Waals surface area contributed by atoms with Gasteiger partial charge in [0.2, 0.25) is 10.0 Å². The van der Waals surface area contributed by atoms with E-state index in [1.807, 2.05) is 0 Å². The predicted octanol–water partition coefficient (Wildman–Crippen LogP) is 2.51. The lowest BCUT2D eigenvalue weighted by Gasteiger charge is -2.25. The highest BCUT2D eigenvalue weighted by Gasteiger charge is 2.30. The van der Waals surface area contributed by atoms with Crippen LogP contribution in [0.1, 0.15) is 41.0 Å². The summed E-state index contributed by atoms with van der Waals surface area (Å²) in [5, 5.41) is 0.653. The van der Waals surface area contributed by atoms with Crippen molar-refractivity contribution in [2.45, 2.75) is 51.8 Å². The molecule has 0 fully saturated rings. The molecule has 0 aromatic rings. The Bertz CT molecular complexity index is 280. The van der Waals surface area contributed by atoms with E-state index >= 15 is 0 Å². The summed E-state index contributed by atoms with van der Waals surface area (Å²) in [7, 11) is -3.23. The van der Waals surface area contributed by atoms with Crippen molar-refractivity contribution < 1.29 is 8.42 Å². The summed E-state index contributed by atoms with van der Waals surface area (Å²) < 4.78 is 25.7. The molecule has 0 aromatic heterocycles. The van der Waals surface area contributed by atoms with Crippen molar-refractivity contribution in [2.24, 2.45) is 5.92 Å². The van der Waals surface area contributed by atoms with E-state index in [0.29, 0.717) is 11.2 Å². The summed E-state index contributed by atoms with van der Waals surface area (Å²) in [6, 6.07) is -0.0192. The standard InChI is InChI=1S/C10H22BrNO2S/c1-8(2)6-9(7-11)12-15(13,14)10(3,4)5/h8-9,12H,6-7H2,1-5H3. The number of nitrogens with one attached hydrogen (secondary N) is 1. The number of hydrogen-bond acceptors (Lipinski definition) is 2. The average molecular weight is 300 g/mol. The highest BCUT2D eigenvalue weighted by atomic mass is 79.9. The number of halogens is 1. The molecule has 0 saturated carbocycles. The van der Waals surface area contributed by atoms with Crippen LogP contribution in [0.4, 0.5) is 0 Å². The van der Waals surface area contributed by atoms with Gasteiger partial charge in [-0.15, -0.1) is 0 Å². The first-order chi connectivity index (χ1) is 6.60. The van der Waals surface area contributed by atoms with Gasteiger partial charge in [0.25, 0.3) is 0 Å². The Balaban J connectivity index is 4.56. The van der Waals surface area contributed by atoms with Gasteiger partial charge in [0.15, 0.2) is 0 Å². The minimum absolute atomic E-state index is 0.0192. The fourth-order valence-corrected chi connectivity index (χ4v) is 2.72. The van der Waals surface area contributed by atoms with Crippen molar-refractivity contribution in [2.75, 3.05) is 5.33 Å². The number of alkyl halides is 1. The first-order valence-electron chi connectivity index (χ1n) is 5.18. The van der Waals surface area contributed by atoms with Gasteiger partial charge in [-0.25, -0.2) is 13.1 Å². The molecule has 5 heteroatoms. The second-order valence-electron chi connectivity index (χ2n) is 5.21. The third-order valence-corrected chi connectivity index (χ3v) is 5.11. The highest BCUT2D eigenvalue weighted by molar-refractivity contribution is 9.09. The summed E-state index contributed by atoms with van der Waals surface area (Å²) in [5.41, 5.74) is 0. The molecule has 0 aliphatic rings. The molecule has 92 valence electrons. The summed E-state index contributed by atoms with van der Waals surface area (Å²) in [4.78, 5) is 0. The van der Waals surface area contributed by atoms with Gasteiger partial charge in [0, 0.05) is 11.4 Å². The van der Waals surface area contributed by atoms with Gasteiger partial charge in [-0.2, -0.15) is 0 Å². The van der Waals surface area contributed by atoms with Gasteiger partial charge in [-0.3, -0.25) is 0 Å². The number of rotatable bonds is 5. The van der Waals surface area contributed by atoms with Gasteiger partial charge in [0.05, 0.1) is 4.75 Å². The molecule has 1 unspecified atom stereocenters. The van der Waals surface area contributed by atoms with Gasteiger partial charge < -0.3 is 0 Å². The van der Waals surface area contributed by atoms with E-state index in [0.717, 1.165) is 6.42 Å². The van der Waals surface area contributed by atoms with Crippen LogP contribution < -0.4 is 4.72 Å². The second-order valence-corrected chi connectivity index (χ2v) is 8.33. The third-order valence-electron chi connectivity index (χ3n) is 2.07. The van der Waals surface area contributed by atoms with E-state index in [-0.39, 0.29) is 6.04 Å². The minimum Gasteiger partial charge on any atom is -0.212 e. The zero-order chi connectivity index (χ0) is 12.3. The Labute approximate surface area is 102 Å². The maximum atomic E-state index is 11.9. The lowest BCUT2D eigenvalue weighted by molar-refractivity contribution is 0.477. The predicted molar refractivity (Wildman–Crippen MR) is 68.8 cm³/mol. The van der Waals surface area contributed by atoms with Crippen LogP contribution >= 0.6 is 15.9 Å². The van der Waals surface area contributed by atoms with Crippen LogP contribution in [0.2, 0.25) is 0 Å². The normalized spacial score (nSPS) is 15.7. The Morgan fingerprint density at radius 3 is 2.00 bits per heavy atom. The molecular formula is C10H22BrNO2S. The summed E-state index contributed by atoms with van der Waals surface area (Å²) in [6.45, 7) is 9.28. The van der Waals surface area contributed by atoms with E-state index in [1.54, 1.807) is 20.8 Å². The van der Waals surface area contributed by atoms with Crippen LogP contribution in [0.3, 0.4) is 0 Å². The molecule has 0 radical (unpaired) electrons. The van der Waals surface area contributed by atoms with E-state index < -0.39 is 14.8 Å². The number of sulfonamides is 1. The van der Waals surface area contributed by atoms with Crippen LogP contribution in [0.15, 0.2) is 0 Å². The summed E-state index contributed by atoms with van der Waals surface area (Å²) in [5.74, 6) is 0.482. The molecular weight excluding hydrogens is 278 g/mol. The zero-order valence-electron chi connectivity index (χ0n) is 10.2. The van der Waals surface area contributed by atoms with Crippen LogP contribution in [-0.2, 0) is 10.0 Å². The molecule has 3 nitrogen and oxygen atoms in total. The van der Waals surface area contributed by atoms with Gasteiger partial charge in [-0.05, 0) is 33.1 Å². The van der Waals surface area contributed by atoms with Crippen molar-refractivity contribution in [3.63, 3.8) is 0 Å². The lowest BCUT2D eigenvalue weighted by Crippen LogP contribution is -2.45. The topological polar surface area (TPSA) is 46.2 Å². The molecule has 0 rings (SSSR count). The monoisotopic (exact) mass is 299 g/mol. The molecule has 0 spiro atoms. The molecule has 1 atom stereocenters. The third kappa shape index (κ3) is 5.31. The van der Waals surface area contributed by atoms with Crippen molar-refractivity contribution in [3.05, 3.63) is 0 Å². The van der Waals surface area contributed by atoms with Crippen molar-refractivity contribution >= 4 is 26.0 Å². The molecule has 0 saturated heterocycles. The van der Waals surface area contributed by atoms with Gasteiger partial charge in [-0.1, -0.05) is 29.8 Å². The van der Waals surface area contributed by atoms with E-state index in [1.165, 1.54) is 0 Å². The molecule has 15 heavy (non-hydrogen) atoms. The van der Waals surface area contributed by atoms with Crippen molar-refractivity contribution in [1.82, 2.24) is 4.72 Å². The largest absolute Gasteiger partial charge is 0.216 e. The Hall–Kier alpha value is 0.390. The molecule has 0 aliphatic heterocycles. The first kappa shape index (κ1) is 15.4. The molecule has 0 heterocycles. The highest BCUT2D eigenvalue weighted by Crippen LogP contribution is 2.16. The maximum Gasteiger partial charge on any atom is 0.216 e. The molecule has 1 N–H and O–H groups in total. The summed E-state index contributed by atoms with van der Waals surface area (Å²) in [6.07, 6.45) is 0.848. The lowest BCUT2D eigenvalue weighted by atomic mass is 10.1. The molecule has 0 aromatic carbocycles. The van der Waals surface area contributed by atoms with E-state index in [9.17, 15) is 8.42 Å². The van der Waals surface area contributed by atoms with Crippen molar-refractivity contribution in [3.8, 4) is 0 Å². The Morgan fingerprint density at radius 2 is 1.73 bits per heavy atom. The van der Waals surface area contributed by atoms with Crippen LogP contribution in [0, 0.1) is 5.92 Å². The number of hydrogen-bond donors (Lipinski definition) is 1. The quantitative estimate of drug-likeness (QED) is 0.793. The van der Waals surface area contributed by atoms with Gasteiger partial charge in [0.1, 0.15) is 0 Å². The Kier molecular flexibility index (Phi) is 5.79. The second kappa shape index (κ2) is 5.64. The molecule has 0 aliphatic carbocycles. The van der Waals surface area contributed by atoms with Gasteiger partial charge >= 0.3 is 0 Å². The van der Waals surface area contributed by atoms with Crippen molar-refractivity contribution in [1.29, 1.82) is 0 Å². The molecule has 0 amide bonds. The van der Waals surface area contributed by atoms with E-state index in [4.69, 9.17) is 0 Å². The smallest absolute Gasteiger partial charge is 0.212 e. The van der Waals surface area contributed by atoms with E-state index in [2.05, 4.69) is 34.5 Å². The average Bonchev–Trinajstić information content (AvgIpc) is 1.99. The van der Waals surface area contributed by atoms with Crippen LogP contribution in [0.25, 0.3) is 0 Å². The Morgan fingerprint density at radius 1 is 1.27 bits per heavy atom. The molecule has 0 bridgehead atoms. The SMILES string of the molecule is CC(C)CC(CBr)NS(=O)(=O)C(C)(C)C.